The molecule has 15 aromatic rings. The van der Waals surface area contributed by atoms with Crippen molar-refractivity contribution in [2.75, 3.05) is 26.4 Å². The molecule has 16 bridgehead atoms. The van der Waals surface area contributed by atoms with Crippen LogP contribution in [-0.2, 0) is 40.7 Å². The number of fused-ring (bicyclic) bond motifs is 44. The molecule has 0 spiro atoms. The van der Waals surface area contributed by atoms with Gasteiger partial charge in [-0.2, -0.15) is 0 Å². The summed E-state index contributed by atoms with van der Waals surface area (Å²) in [6.45, 7) is 20.1. The maximum absolute atomic E-state index is 18.0. The average molecular weight is 1930 g/mol. The Hall–Kier alpha value is -14.1. The van der Waals surface area contributed by atoms with Crippen LogP contribution in [0, 0.1) is 47.3 Å². The molecule has 2 saturated carbocycles. The second-order valence-corrected chi connectivity index (χ2v) is 42.6. The number of H-pyrrole nitrogens is 2. The van der Waals surface area contributed by atoms with E-state index in [2.05, 4.69) is 357 Å². The van der Waals surface area contributed by atoms with Gasteiger partial charge in [-0.15, -0.1) is 0 Å². The van der Waals surface area contributed by atoms with Gasteiger partial charge in [0.1, 0.15) is 22.6 Å². The summed E-state index contributed by atoms with van der Waals surface area (Å²) in [6, 6.07) is 103. The van der Waals surface area contributed by atoms with Gasteiger partial charge >= 0.3 is 0 Å². The van der Waals surface area contributed by atoms with Crippen molar-refractivity contribution in [3.8, 4) is 68.5 Å². The van der Waals surface area contributed by atoms with Crippen molar-refractivity contribution in [1.29, 1.82) is 0 Å². The number of carbonyl (C=O) groups is 2. The molecule has 146 heavy (non-hydrogen) atoms. The first-order valence-corrected chi connectivity index (χ1v) is 54.3. The standard InChI is InChI=1S/C130H126N8O8/c1-9-17-45-77(13-5)73-141-101-69-97-99(71-103(101)143-75-79(15-7)47-19-11-3)123-136-121(97)134-119-95-67-91-89(113-109-111(115(91)145-113)129(87-61-41-27-42-62-87)107(83-53-33-23-34-54-83)105(81-49-29-21-30-50-81)127(109,125(129)139)85-57-37-25-38-58-85)65-93(95)117(132-119)131-118-94-66-90-92(68-96(94)120(133-118)135-122-98-70-102(142-74-78(14-6)46-18-10-2)104(72-100(98)124(137-122)138-123)144-76-80(16-8)48-20-12-4)116-112-110(114(90)146-116)128(86-59-39-26-40-60-86)106(82-51-31-22-32-52-82)108(84-55-35-24-36-56-84)130(112,126(128)140)88-63-43-28-44-64-88/h21-44,49-72,77-80,109-116H,9-20,45-48,73-76H2,1-8H3,(H2,131,132,133,134,135,136,137,138). The average Bonchev–Trinajstić information content (AvgIpc) is 1.45. The zero-order chi connectivity index (χ0) is 98.9. The van der Waals surface area contributed by atoms with Gasteiger partial charge in [0.2, 0.25) is 0 Å². The van der Waals surface area contributed by atoms with Crippen LogP contribution in [-0.4, -0.2) is 77.9 Å². The first kappa shape index (κ1) is 93.0. The Morgan fingerprint density at radius 2 is 0.493 bits per heavy atom. The lowest BCUT2D eigenvalue weighted by Gasteiger charge is -2.45. The lowest BCUT2D eigenvalue weighted by Crippen LogP contribution is -2.42. The number of rotatable bonds is 36. The fourth-order valence-electron chi connectivity index (χ4n) is 28.0. The number of ether oxygens (including phenoxy) is 6. The van der Waals surface area contributed by atoms with E-state index in [0.29, 0.717) is 130 Å². The zero-order valence-electron chi connectivity index (χ0n) is 84.7. The van der Waals surface area contributed by atoms with Gasteiger partial charge in [0, 0.05) is 67.5 Å². The maximum Gasteiger partial charge on any atom is 0.164 e. The summed E-state index contributed by atoms with van der Waals surface area (Å²) in [5.74, 6) is 4.01. The minimum Gasteiger partial charge on any atom is -0.489 e. The second-order valence-electron chi connectivity index (χ2n) is 42.6. The van der Waals surface area contributed by atoms with E-state index < -0.39 is 69.7 Å². The minimum atomic E-state index is -1.22. The number of aromatic amines is 2. The number of hydrogen-bond acceptors (Lipinski definition) is 14. The monoisotopic (exact) mass is 1930 g/mol. The van der Waals surface area contributed by atoms with E-state index in [0.717, 1.165) is 224 Å². The Kier molecular flexibility index (Phi) is 24.1. The molecule has 0 radical (unpaired) electrons. The van der Waals surface area contributed by atoms with Crippen LogP contribution in [0.3, 0.4) is 0 Å². The fraction of sp³-hybridized carbons (Fsp3) is 0.338. The Morgan fingerprint density at radius 3 is 0.733 bits per heavy atom. The number of ketones is 2. The Balaban J connectivity index is 0.771. The molecule has 4 fully saturated rings. The van der Waals surface area contributed by atoms with E-state index in [1.807, 2.05) is 0 Å². The Labute approximate surface area is 854 Å². The third kappa shape index (κ3) is 14.2. The number of unbranched alkanes of at least 4 members (excludes halogenated alkanes) is 4. The highest BCUT2D eigenvalue weighted by atomic mass is 16.5. The van der Waals surface area contributed by atoms with Crippen LogP contribution in [0.25, 0.3) is 112 Å². The molecule has 9 heterocycles. The molecule has 10 aliphatic rings. The van der Waals surface area contributed by atoms with Gasteiger partial charge in [-0.25, -0.2) is 29.9 Å². The van der Waals surface area contributed by atoms with E-state index in [1.165, 1.54) is 0 Å². The molecule has 2 N–H and O–H groups in total. The molecule has 16 unspecified atom stereocenters. The first-order chi connectivity index (χ1) is 71.9. The molecular weight excluding hydrogens is 1800 g/mol. The summed E-state index contributed by atoms with van der Waals surface area (Å²) in [7, 11) is 0. The lowest BCUT2D eigenvalue weighted by atomic mass is 9.54. The van der Waals surface area contributed by atoms with Crippen molar-refractivity contribution in [3.63, 3.8) is 0 Å². The molecule has 4 aliphatic carbocycles. The van der Waals surface area contributed by atoms with Crippen molar-refractivity contribution in [3.05, 3.63) is 358 Å². The molecule has 16 heteroatoms. The molecule has 6 aliphatic heterocycles. The summed E-state index contributed by atoms with van der Waals surface area (Å²) in [6.07, 6.45) is 14.3. The van der Waals surface area contributed by atoms with E-state index >= 15 is 9.59 Å². The summed E-state index contributed by atoms with van der Waals surface area (Å²) in [5.41, 5.74) is 15.7. The molecule has 25 rings (SSSR count). The predicted octanol–water partition coefficient (Wildman–Crippen LogP) is 30.1. The third-order valence-electron chi connectivity index (χ3n) is 35.0. The molecule has 16 atom stereocenters. The Bertz CT molecular complexity index is 7830. The number of nitrogens with zero attached hydrogens (tertiary/aromatic N) is 6. The van der Waals surface area contributed by atoms with Crippen molar-refractivity contribution in [1.82, 2.24) is 39.9 Å². The van der Waals surface area contributed by atoms with Crippen LogP contribution in [0.2, 0.25) is 0 Å². The molecule has 0 amide bonds. The van der Waals surface area contributed by atoms with Gasteiger partial charge in [0.15, 0.2) is 57.9 Å². The summed E-state index contributed by atoms with van der Waals surface area (Å²) >= 11 is 0. The number of allylic oxidation sites excluding steroid dienone is 4. The van der Waals surface area contributed by atoms with Crippen molar-refractivity contribution in [2.24, 2.45) is 47.3 Å². The molecular formula is C130H126N8O8. The minimum absolute atomic E-state index is 0.156. The fourth-order valence-corrected chi connectivity index (χ4v) is 28.0. The number of nitrogens with one attached hydrogen (secondary N) is 2. The van der Waals surface area contributed by atoms with Crippen LogP contribution in [0.1, 0.15) is 249 Å². The molecule has 12 aromatic carbocycles. The largest absolute Gasteiger partial charge is 0.489 e. The van der Waals surface area contributed by atoms with E-state index in [4.69, 9.17) is 58.3 Å². The SMILES string of the molecule is CCCCC(CC)COc1cc2c(cc1OCC(CC)CCCC)-c1nc-2nc2[nH]c(nc3nc(nc4[nH]c(n1)c1cc5c(cc41)C1OC5C4C1C1(c5ccccc5)C(=O)C4(c4ccccc4)C(c4ccccc4)=C1c1ccccc1)-c1cc4c(cc1-3)C1OC4C3C1C1(c4ccccc4)C(=O)C3(c3ccccc3)C(c3ccccc3)=C1c1ccccc1)c1cc(OCC(CC)CCCC)c(OCC(CC)CCCC)cc21. The van der Waals surface area contributed by atoms with Gasteiger partial charge < -0.3 is 38.4 Å². The highest BCUT2D eigenvalue weighted by Gasteiger charge is 2.85. The van der Waals surface area contributed by atoms with Crippen molar-refractivity contribution >= 4 is 78.0 Å². The predicted molar refractivity (Wildman–Crippen MR) is 580 cm³/mol. The number of aromatic nitrogens is 8. The van der Waals surface area contributed by atoms with Gasteiger partial charge in [0.05, 0.1) is 72.5 Å². The first-order valence-electron chi connectivity index (χ1n) is 54.3. The zero-order valence-corrected chi connectivity index (χ0v) is 84.7. The highest BCUT2D eigenvalue weighted by Crippen LogP contribution is 2.84. The molecule has 2 saturated heterocycles. The lowest BCUT2D eigenvalue weighted by molar-refractivity contribution is -0.126. The molecule has 16 nitrogen and oxygen atoms in total. The van der Waals surface area contributed by atoms with E-state index in [1.54, 1.807) is 0 Å². The topological polar surface area (TPSA) is 198 Å². The van der Waals surface area contributed by atoms with Crippen LogP contribution >= 0.6 is 0 Å². The summed E-state index contributed by atoms with van der Waals surface area (Å²) in [5, 5.41) is 3.02. The van der Waals surface area contributed by atoms with Crippen LogP contribution < -0.4 is 18.9 Å². The van der Waals surface area contributed by atoms with E-state index in [-0.39, 0.29) is 11.6 Å². The summed E-state index contributed by atoms with van der Waals surface area (Å²) < 4.78 is 45.0. The van der Waals surface area contributed by atoms with Crippen molar-refractivity contribution in [2.45, 2.75) is 204 Å². The van der Waals surface area contributed by atoms with Gasteiger partial charge in [-0.1, -0.05) is 375 Å². The summed E-state index contributed by atoms with van der Waals surface area (Å²) in [4.78, 5) is 79.4. The van der Waals surface area contributed by atoms with Gasteiger partial charge in [-0.3, -0.25) is 9.59 Å². The molecule has 3 aromatic heterocycles. The number of benzene rings is 12. The highest BCUT2D eigenvalue weighted by molar-refractivity contribution is 6.32. The van der Waals surface area contributed by atoms with E-state index in [9.17, 15) is 0 Å². The van der Waals surface area contributed by atoms with Crippen LogP contribution in [0.15, 0.2) is 291 Å². The van der Waals surface area contributed by atoms with Gasteiger partial charge in [-0.05, 0) is 187 Å². The number of hydrogen-bond donors (Lipinski definition) is 2. The second kappa shape index (κ2) is 37.8. The Morgan fingerprint density at radius 1 is 0.274 bits per heavy atom. The van der Waals surface area contributed by atoms with Crippen molar-refractivity contribution < 1.29 is 38.0 Å². The van der Waals surface area contributed by atoms with Crippen LogP contribution in [0.4, 0.5) is 0 Å². The normalized spacial score (nSPS) is 23.5. The quantitative estimate of drug-likeness (QED) is 0.0376. The van der Waals surface area contributed by atoms with Gasteiger partial charge in [0.25, 0.3) is 0 Å². The smallest absolute Gasteiger partial charge is 0.164 e. The maximum atomic E-state index is 18.0. The molecule has 734 valence electrons. The number of carbonyl (C=O) groups excluding carboxylic acids is 2. The number of Topliss-reactive ketones (excluding diaryl/α,β-unsaturated/α-hetero) is 2. The third-order valence-corrected chi connectivity index (χ3v) is 35.0. The van der Waals surface area contributed by atoms with Crippen LogP contribution in [0.5, 0.6) is 23.0 Å².